The van der Waals surface area contributed by atoms with Gasteiger partial charge in [-0.15, -0.1) is 0 Å². The summed E-state index contributed by atoms with van der Waals surface area (Å²) in [6.07, 6.45) is 5.66. The second kappa shape index (κ2) is 6.18. The number of hydrogen-bond donors (Lipinski definition) is 0. The minimum Gasteiger partial charge on any atom is -0.335 e. The number of likely N-dealkylation sites (tertiary alicyclic amines) is 1. The van der Waals surface area contributed by atoms with Crippen LogP contribution < -0.4 is 0 Å². The van der Waals surface area contributed by atoms with Crippen molar-refractivity contribution in [1.82, 2.24) is 4.90 Å². The molecule has 2 atom stereocenters. The molecule has 1 heterocycles. The first-order chi connectivity index (χ1) is 10.2. The molecule has 1 aliphatic carbocycles. The molecule has 0 radical (unpaired) electrons. The highest BCUT2D eigenvalue weighted by Gasteiger charge is 2.39. The van der Waals surface area contributed by atoms with E-state index in [1.54, 1.807) is 24.3 Å². The molecule has 21 heavy (non-hydrogen) atoms. The minimum absolute atomic E-state index is 0.0124. The van der Waals surface area contributed by atoms with E-state index in [-0.39, 0.29) is 17.9 Å². The van der Waals surface area contributed by atoms with Crippen LogP contribution in [0, 0.1) is 5.92 Å². The van der Waals surface area contributed by atoms with E-state index in [9.17, 15) is 9.59 Å². The number of benzene rings is 1. The van der Waals surface area contributed by atoms with Crippen molar-refractivity contribution in [2.45, 2.75) is 44.6 Å². The molecule has 1 saturated heterocycles. The SMILES string of the molecule is O=C1CCCCC1C1CCCN1C(=O)c1cccc(Cl)c1. The number of amides is 1. The first kappa shape index (κ1) is 14.6. The second-order valence-electron chi connectivity index (χ2n) is 6.04. The summed E-state index contributed by atoms with van der Waals surface area (Å²) < 4.78 is 0. The molecule has 3 rings (SSSR count). The predicted octanol–water partition coefficient (Wildman–Crippen LogP) is 3.70. The van der Waals surface area contributed by atoms with Crippen LogP contribution >= 0.6 is 11.6 Å². The fourth-order valence-electron chi connectivity index (χ4n) is 3.67. The summed E-state index contributed by atoms with van der Waals surface area (Å²) in [5, 5.41) is 0.574. The summed E-state index contributed by atoms with van der Waals surface area (Å²) in [6, 6.07) is 7.16. The van der Waals surface area contributed by atoms with E-state index in [1.807, 2.05) is 4.90 Å². The molecule has 1 aromatic rings. The Morgan fingerprint density at radius 3 is 2.81 bits per heavy atom. The number of halogens is 1. The van der Waals surface area contributed by atoms with Gasteiger partial charge in [-0.1, -0.05) is 24.1 Å². The monoisotopic (exact) mass is 305 g/mol. The lowest BCUT2D eigenvalue weighted by atomic mass is 9.81. The highest BCUT2D eigenvalue weighted by molar-refractivity contribution is 6.30. The molecule has 1 aromatic carbocycles. The molecule has 2 fully saturated rings. The lowest BCUT2D eigenvalue weighted by Gasteiger charge is -2.33. The maximum absolute atomic E-state index is 12.7. The van der Waals surface area contributed by atoms with Crippen LogP contribution in [0.1, 0.15) is 48.9 Å². The molecule has 1 amide bonds. The summed E-state index contributed by atoms with van der Waals surface area (Å²) in [5.74, 6) is 0.403. The zero-order valence-electron chi connectivity index (χ0n) is 12.1. The fraction of sp³-hybridized carbons (Fsp3) is 0.529. The van der Waals surface area contributed by atoms with Crippen LogP contribution in [0.4, 0.5) is 0 Å². The van der Waals surface area contributed by atoms with Gasteiger partial charge in [0.15, 0.2) is 0 Å². The average Bonchev–Trinajstić information content (AvgIpc) is 2.96. The van der Waals surface area contributed by atoms with Crippen molar-refractivity contribution in [3.8, 4) is 0 Å². The van der Waals surface area contributed by atoms with E-state index in [0.29, 0.717) is 22.8 Å². The van der Waals surface area contributed by atoms with Crippen molar-refractivity contribution in [2.24, 2.45) is 5.92 Å². The number of carbonyl (C=O) groups is 2. The summed E-state index contributed by atoms with van der Waals surface area (Å²) in [7, 11) is 0. The number of ketones is 1. The number of hydrogen-bond acceptors (Lipinski definition) is 2. The van der Waals surface area contributed by atoms with Crippen molar-refractivity contribution in [1.29, 1.82) is 0 Å². The Hall–Kier alpha value is -1.35. The summed E-state index contributed by atoms with van der Waals surface area (Å²) in [6.45, 7) is 0.750. The van der Waals surface area contributed by atoms with E-state index in [2.05, 4.69) is 0 Å². The van der Waals surface area contributed by atoms with E-state index in [0.717, 1.165) is 38.6 Å². The molecule has 2 unspecified atom stereocenters. The van der Waals surface area contributed by atoms with Crippen LogP contribution in [0.15, 0.2) is 24.3 Å². The smallest absolute Gasteiger partial charge is 0.254 e. The zero-order valence-corrected chi connectivity index (χ0v) is 12.8. The Balaban J connectivity index is 1.80. The van der Waals surface area contributed by atoms with E-state index >= 15 is 0 Å². The Morgan fingerprint density at radius 2 is 2.05 bits per heavy atom. The van der Waals surface area contributed by atoms with Gasteiger partial charge in [0.1, 0.15) is 5.78 Å². The van der Waals surface area contributed by atoms with Crippen molar-refractivity contribution >= 4 is 23.3 Å². The first-order valence-electron chi connectivity index (χ1n) is 7.76. The van der Waals surface area contributed by atoms with E-state index in [4.69, 9.17) is 11.6 Å². The number of carbonyl (C=O) groups excluding carboxylic acids is 2. The third kappa shape index (κ3) is 2.98. The van der Waals surface area contributed by atoms with E-state index < -0.39 is 0 Å². The highest BCUT2D eigenvalue weighted by Crippen LogP contribution is 2.33. The van der Waals surface area contributed by atoms with Gasteiger partial charge in [0.2, 0.25) is 0 Å². The minimum atomic E-state index is 0.0124. The number of nitrogens with zero attached hydrogens (tertiary/aromatic N) is 1. The van der Waals surface area contributed by atoms with Crippen molar-refractivity contribution in [3.05, 3.63) is 34.9 Å². The molecule has 0 bridgehead atoms. The molecular formula is C17H20ClNO2. The standard InChI is InChI=1S/C17H20ClNO2/c18-13-6-3-5-12(11-13)17(21)19-10-4-8-15(19)14-7-1-2-9-16(14)20/h3,5-6,11,14-15H,1-2,4,7-10H2. The van der Waals surface area contributed by atoms with Crippen molar-refractivity contribution in [2.75, 3.05) is 6.54 Å². The second-order valence-corrected chi connectivity index (χ2v) is 6.47. The lowest BCUT2D eigenvalue weighted by molar-refractivity contribution is -0.126. The third-order valence-electron chi connectivity index (χ3n) is 4.70. The molecule has 1 aliphatic heterocycles. The molecule has 3 nitrogen and oxygen atoms in total. The van der Waals surface area contributed by atoms with Gasteiger partial charge < -0.3 is 4.90 Å². The third-order valence-corrected chi connectivity index (χ3v) is 4.93. The first-order valence-corrected chi connectivity index (χ1v) is 8.14. The molecule has 0 spiro atoms. The maximum Gasteiger partial charge on any atom is 0.254 e. The highest BCUT2D eigenvalue weighted by atomic mass is 35.5. The van der Waals surface area contributed by atoms with Crippen molar-refractivity contribution in [3.63, 3.8) is 0 Å². The average molecular weight is 306 g/mol. The number of rotatable bonds is 2. The van der Waals surface area contributed by atoms with Crippen LogP contribution in [0.3, 0.4) is 0 Å². The van der Waals surface area contributed by atoms with Crippen LogP contribution in [0.5, 0.6) is 0 Å². The topological polar surface area (TPSA) is 37.4 Å². The van der Waals surface area contributed by atoms with Gasteiger partial charge in [0.25, 0.3) is 5.91 Å². The summed E-state index contributed by atoms with van der Waals surface area (Å²) in [5.41, 5.74) is 0.623. The zero-order chi connectivity index (χ0) is 14.8. The van der Waals surface area contributed by atoms with Gasteiger partial charge in [-0.05, 0) is 43.9 Å². The van der Waals surface area contributed by atoms with Gasteiger partial charge >= 0.3 is 0 Å². The maximum atomic E-state index is 12.7. The van der Waals surface area contributed by atoms with Crippen LogP contribution in [0.2, 0.25) is 5.02 Å². The van der Waals surface area contributed by atoms with Gasteiger partial charge in [-0.25, -0.2) is 0 Å². The molecular weight excluding hydrogens is 286 g/mol. The molecule has 0 N–H and O–H groups in total. The van der Waals surface area contributed by atoms with Crippen LogP contribution in [-0.2, 0) is 4.79 Å². The lowest BCUT2D eigenvalue weighted by Crippen LogP contribution is -2.43. The molecule has 112 valence electrons. The van der Waals surface area contributed by atoms with Gasteiger partial charge in [0.05, 0.1) is 0 Å². The fourth-order valence-corrected chi connectivity index (χ4v) is 3.86. The molecule has 4 heteroatoms. The largest absolute Gasteiger partial charge is 0.335 e. The number of Topliss-reactive ketones (excluding diaryl/α,β-unsaturated/α-hetero) is 1. The Morgan fingerprint density at radius 1 is 1.19 bits per heavy atom. The predicted molar refractivity (Wildman–Crippen MR) is 82.5 cm³/mol. The Kier molecular flexibility index (Phi) is 4.29. The van der Waals surface area contributed by atoms with Gasteiger partial charge in [-0.2, -0.15) is 0 Å². The van der Waals surface area contributed by atoms with Crippen LogP contribution in [-0.4, -0.2) is 29.2 Å². The van der Waals surface area contributed by atoms with E-state index in [1.165, 1.54) is 0 Å². The summed E-state index contributed by atoms with van der Waals surface area (Å²) >= 11 is 5.98. The Labute approximate surface area is 130 Å². The summed E-state index contributed by atoms with van der Waals surface area (Å²) in [4.78, 5) is 26.8. The molecule has 0 aromatic heterocycles. The normalized spacial score (nSPS) is 26.1. The van der Waals surface area contributed by atoms with Crippen molar-refractivity contribution < 1.29 is 9.59 Å². The molecule has 2 aliphatic rings. The molecule has 1 saturated carbocycles. The van der Waals surface area contributed by atoms with Gasteiger partial charge in [-0.3, -0.25) is 9.59 Å². The quantitative estimate of drug-likeness (QED) is 0.835. The van der Waals surface area contributed by atoms with Crippen LogP contribution in [0.25, 0.3) is 0 Å². The Bertz CT molecular complexity index is 557. The van der Waals surface area contributed by atoms with Gasteiger partial charge in [0, 0.05) is 35.5 Å².